The van der Waals surface area contributed by atoms with Crippen molar-refractivity contribution in [2.45, 2.75) is 51.5 Å². The van der Waals surface area contributed by atoms with E-state index >= 15 is 0 Å². The molecule has 138 valence electrons. The lowest BCUT2D eigenvalue weighted by atomic mass is 9.68. The Morgan fingerprint density at radius 3 is 2.68 bits per heavy atom. The number of nitrogens with one attached hydrogen (secondary N) is 1. The molecule has 2 saturated heterocycles. The van der Waals surface area contributed by atoms with Crippen LogP contribution in [-0.4, -0.2) is 55.0 Å². The zero-order valence-corrected chi connectivity index (χ0v) is 16.4. The molecule has 1 unspecified atom stereocenters. The normalized spacial score (nSPS) is 24.7. The smallest absolute Gasteiger partial charge is 0.194 e. The molecule has 1 N–H and O–H groups in total. The second kappa shape index (κ2) is 7.67. The van der Waals surface area contributed by atoms with E-state index < -0.39 is 0 Å². The van der Waals surface area contributed by atoms with Gasteiger partial charge in [0.25, 0.3) is 0 Å². The number of likely N-dealkylation sites (tertiary alicyclic amines) is 2. The number of guanidine groups is 1. The number of nitrogens with zero attached hydrogens (tertiary/aromatic N) is 3. The Morgan fingerprint density at radius 2 is 2.08 bits per heavy atom. The van der Waals surface area contributed by atoms with Gasteiger partial charge in [-0.05, 0) is 69.0 Å². The van der Waals surface area contributed by atoms with Crippen molar-refractivity contribution in [1.82, 2.24) is 15.1 Å². The van der Waals surface area contributed by atoms with E-state index in [0.29, 0.717) is 11.5 Å². The third-order valence-electron chi connectivity index (χ3n) is 6.35. The Morgan fingerprint density at radius 1 is 1.24 bits per heavy atom. The van der Waals surface area contributed by atoms with Crippen LogP contribution in [0.4, 0.5) is 0 Å². The number of rotatable bonds is 5. The monoisotopic (exact) mass is 360 g/mol. The first kappa shape index (κ1) is 17.3. The molecule has 0 radical (unpaired) electrons. The average molecular weight is 361 g/mol. The zero-order chi connectivity index (χ0) is 17.1. The van der Waals surface area contributed by atoms with Crippen LogP contribution >= 0.6 is 11.3 Å². The molecule has 0 amide bonds. The van der Waals surface area contributed by atoms with Crippen LogP contribution in [0, 0.1) is 5.41 Å². The Balaban J connectivity index is 1.47. The van der Waals surface area contributed by atoms with Gasteiger partial charge in [0.1, 0.15) is 0 Å². The van der Waals surface area contributed by atoms with Gasteiger partial charge in [-0.3, -0.25) is 9.89 Å². The lowest BCUT2D eigenvalue weighted by Crippen LogP contribution is -2.43. The third kappa shape index (κ3) is 3.72. The SMILES string of the molecule is CCNC(=NCC(c1cccs1)N1CCCC1)N1CCC2(CCC2)C1. The molecule has 1 aliphatic carbocycles. The van der Waals surface area contributed by atoms with Crippen molar-refractivity contribution in [2.24, 2.45) is 10.4 Å². The van der Waals surface area contributed by atoms with Gasteiger partial charge in [-0.15, -0.1) is 11.3 Å². The van der Waals surface area contributed by atoms with Crippen molar-refractivity contribution >= 4 is 17.3 Å². The molecule has 1 atom stereocenters. The molecule has 1 aromatic rings. The van der Waals surface area contributed by atoms with E-state index in [1.807, 2.05) is 11.3 Å². The summed E-state index contributed by atoms with van der Waals surface area (Å²) in [7, 11) is 0. The largest absolute Gasteiger partial charge is 0.357 e. The van der Waals surface area contributed by atoms with Crippen molar-refractivity contribution in [2.75, 3.05) is 39.3 Å². The van der Waals surface area contributed by atoms with Crippen molar-refractivity contribution in [1.29, 1.82) is 0 Å². The molecule has 4 rings (SSSR count). The van der Waals surface area contributed by atoms with E-state index in [2.05, 4.69) is 39.6 Å². The number of hydrogen-bond acceptors (Lipinski definition) is 3. The summed E-state index contributed by atoms with van der Waals surface area (Å²) >= 11 is 1.88. The van der Waals surface area contributed by atoms with Crippen molar-refractivity contribution in [3.05, 3.63) is 22.4 Å². The Hall–Kier alpha value is -1.07. The van der Waals surface area contributed by atoms with Gasteiger partial charge in [0.05, 0.1) is 12.6 Å². The molecular formula is C20H32N4S. The zero-order valence-electron chi connectivity index (χ0n) is 15.5. The van der Waals surface area contributed by atoms with E-state index in [0.717, 1.165) is 19.0 Å². The molecule has 1 saturated carbocycles. The van der Waals surface area contributed by atoms with Crippen LogP contribution in [0.15, 0.2) is 22.5 Å². The highest BCUT2D eigenvalue weighted by atomic mass is 32.1. The molecule has 4 nitrogen and oxygen atoms in total. The van der Waals surface area contributed by atoms with Crippen LogP contribution in [0.2, 0.25) is 0 Å². The van der Waals surface area contributed by atoms with Gasteiger partial charge in [-0.2, -0.15) is 0 Å². The highest BCUT2D eigenvalue weighted by molar-refractivity contribution is 7.10. The predicted molar refractivity (Wildman–Crippen MR) is 106 cm³/mol. The minimum atomic E-state index is 0.455. The molecule has 1 aromatic heterocycles. The fourth-order valence-electron chi connectivity index (χ4n) is 4.72. The van der Waals surface area contributed by atoms with Crippen molar-refractivity contribution in [3.8, 4) is 0 Å². The number of thiophene rings is 1. The first-order valence-corrected chi connectivity index (χ1v) is 11.0. The van der Waals surface area contributed by atoms with Crippen LogP contribution in [-0.2, 0) is 0 Å². The average Bonchev–Trinajstić information content (AvgIpc) is 3.34. The van der Waals surface area contributed by atoms with Gasteiger partial charge >= 0.3 is 0 Å². The van der Waals surface area contributed by atoms with Crippen molar-refractivity contribution < 1.29 is 0 Å². The first-order chi connectivity index (χ1) is 12.3. The maximum atomic E-state index is 5.12. The topological polar surface area (TPSA) is 30.9 Å². The molecule has 5 heteroatoms. The summed E-state index contributed by atoms with van der Waals surface area (Å²) in [6, 6.07) is 4.92. The van der Waals surface area contributed by atoms with Gasteiger partial charge < -0.3 is 10.2 Å². The van der Waals surface area contributed by atoms with Gasteiger partial charge in [-0.25, -0.2) is 0 Å². The molecule has 3 heterocycles. The highest BCUT2D eigenvalue weighted by Crippen LogP contribution is 2.47. The summed E-state index contributed by atoms with van der Waals surface area (Å²) < 4.78 is 0. The van der Waals surface area contributed by atoms with Crippen LogP contribution < -0.4 is 5.32 Å². The summed E-state index contributed by atoms with van der Waals surface area (Å²) in [5.74, 6) is 1.15. The van der Waals surface area contributed by atoms with Gasteiger partial charge in [0.15, 0.2) is 5.96 Å². The molecule has 2 aliphatic heterocycles. The lowest BCUT2D eigenvalue weighted by molar-refractivity contribution is 0.151. The van der Waals surface area contributed by atoms with E-state index in [9.17, 15) is 0 Å². The Kier molecular flexibility index (Phi) is 5.32. The molecule has 3 fully saturated rings. The van der Waals surface area contributed by atoms with Crippen LogP contribution in [0.5, 0.6) is 0 Å². The van der Waals surface area contributed by atoms with Gasteiger partial charge in [0.2, 0.25) is 0 Å². The van der Waals surface area contributed by atoms with E-state index in [1.54, 1.807) is 0 Å². The second-order valence-corrected chi connectivity index (χ2v) is 8.97. The van der Waals surface area contributed by atoms with Crippen LogP contribution in [0.25, 0.3) is 0 Å². The van der Waals surface area contributed by atoms with Crippen molar-refractivity contribution in [3.63, 3.8) is 0 Å². The summed E-state index contributed by atoms with van der Waals surface area (Å²) in [5.41, 5.74) is 0.623. The second-order valence-electron chi connectivity index (χ2n) is 7.99. The summed E-state index contributed by atoms with van der Waals surface area (Å²) in [4.78, 5) is 11.7. The molecule has 25 heavy (non-hydrogen) atoms. The lowest BCUT2D eigenvalue weighted by Gasteiger charge is -2.38. The summed E-state index contributed by atoms with van der Waals surface area (Å²) in [6.07, 6.45) is 8.30. The van der Waals surface area contributed by atoms with E-state index in [-0.39, 0.29) is 0 Å². The summed E-state index contributed by atoms with van der Waals surface area (Å²) in [5, 5.41) is 5.77. The molecule has 1 spiro atoms. The number of aliphatic imine (C=N–C) groups is 1. The predicted octanol–water partition coefficient (Wildman–Crippen LogP) is 3.73. The first-order valence-electron chi connectivity index (χ1n) is 10.1. The van der Waals surface area contributed by atoms with Gasteiger partial charge in [0, 0.05) is 24.5 Å². The fourth-order valence-corrected chi connectivity index (χ4v) is 5.57. The van der Waals surface area contributed by atoms with E-state index in [4.69, 9.17) is 4.99 Å². The molecule has 0 aromatic carbocycles. The van der Waals surface area contributed by atoms with E-state index in [1.165, 1.54) is 69.6 Å². The maximum absolute atomic E-state index is 5.12. The highest BCUT2D eigenvalue weighted by Gasteiger charge is 2.43. The molecule has 3 aliphatic rings. The molecule has 0 bridgehead atoms. The quantitative estimate of drug-likeness (QED) is 0.641. The maximum Gasteiger partial charge on any atom is 0.194 e. The Labute approximate surface area is 156 Å². The Bertz CT molecular complexity index is 573. The minimum Gasteiger partial charge on any atom is -0.357 e. The van der Waals surface area contributed by atoms with Crippen LogP contribution in [0.1, 0.15) is 56.4 Å². The van der Waals surface area contributed by atoms with Crippen LogP contribution in [0.3, 0.4) is 0 Å². The third-order valence-corrected chi connectivity index (χ3v) is 7.33. The summed E-state index contributed by atoms with van der Waals surface area (Å²) in [6.45, 7) is 8.86. The standard InChI is InChI=1S/C20H32N4S/c1-2-21-19(24-13-10-20(16-24)8-6-9-20)22-15-17(18-7-5-14-25-18)23-11-3-4-12-23/h5,7,14,17H,2-4,6,8-13,15-16H2,1H3,(H,21,22). The molecular weight excluding hydrogens is 328 g/mol. The van der Waals surface area contributed by atoms with Gasteiger partial charge in [-0.1, -0.05) is 12.5 Å². The fraction of sp³-hybridized carbons (Fsp3) is 0.750. The number of hydrogen-bond donors (Lipinski definition) is 1. The minimum absolute atomic E-state index is 0.455.